The maximum Gasteiger partial charge on any atom is 0.263 e. The third-order valence-electron chi connectivity index (χ3n) is 5.39. The van der Waals surface area contributed by atoms with Crippen LogP contribution in [-0.2, 0) is 21.8 Å². The normalized spacial score (nSPS) is 18.1. The van der Waals surface area contributed by atoms with Crippen LogP contribution in [0.25, 0.3) is 10.1 Å². The fourth-order valence-electron chi connectivity index (χ4n) is 3.64. The van der Waals surface area contributed by atoms with Crippen LogP contribution in [0.5, 0.6) is 0 Å². The van der Waals surface area contributed by atoms with Gasteiger partial charge in [-0.15, -0.1) is 11.3 Å². The second-order valence-electron chi connectivity index (χ2n) is 7.48. The SMILES string of the molecule is Cc1c(S(=O)(=O)N2CCOC(c3c(C(=O)N(C)C)sc4ccccc34)C2)cnn1C. The largest absolute Gasteiger partial charge is 0.371 e. The lowest BCUT2D eigenvalue weighted by Gasteiger charge is -2.32. The van der Waals surface area contributed by atoms with Crippen molar-refractivity contribution in [3.8, 4) is 0 Å². The number of ether oxygens (including phenoxy) is 1. The van der Waals surface area contributed by atoms with Gasteiger partial charge in [0.2, 0.25) is 10.0 Å². The Kier molecular flexibility index (Phi) is 5.43. The monoisotopic (exact) mass is 448 g/mol. The number of hydrogen-bond donors (Lipinski definition) is 0. The Hall–Kier alpha value is -2.27. The average molecular weight is 449 g/mol. The molecule has 0 spiro atoms. The highest BCUT2D eigenvalue weighted by molar-refractivity contribution is 7.89. The average Bonchev–Trinajstić information content (AvgIpc) is 3.28. The van der Waals surface area contributed by atoms with Crippen molar-refractivity contribution in [1.29, 1.82) is 0 Å². The summed E-state index contributed by atoms with van der Waals surface area (Å²) in [6.07, 6.45) is 0.858. The van der Waals surface area contributed by atoms with Gasteiger partial charge in [0.1, 0.15) is 4.90 Å². The highest BCUT2D eigenvalue weighted by atomic mass is 32.2. The van der Waals surface area contributed by atoms with Gasteiger partial charge in [-0.1, -0.05) is 18.2 Å². The first-order valence-electron chi connectivity index (χ1n) is 9.55. The van der Waals surface area contributed by atoms with Crippen molar-refractivity contribution in [3.05, 3.63) is 46.6 Å². The van der Waals surface area contributed by atoms with Crippen molar-refractivity contribution in [2.75, 3.05) is 33.8 Å². The highest BCUT2D eigenvalue weighted by Crippen LogP contribution is 2.39. The number of rotatable bonds is 4. The summed E-state index contributed by atoms with van der Waals surface area (Å²) < 4.78 is 36.5. The molecule has 1 aliphatic heterocycles. The Morgan fingerprint density at radius 2 is 2.03 bits per heavy atom. The Balaban J connectivity index is 1.75. The van der Waals surface area contributed by atoms with Gasteiger partial charge in [0.05, 0.1) is 29.5 Å². The Labute approximate surface area is 179 Å². The molecular weight excluding hydrogens is 424 g/mol. The fourth-order valence-corrected chi connectivity index (χ4v) is 6.52. The number of benzene rings is 1. The number of aryl methyl sites for hydroxylation is 1. The van der Waals surface area contributed by atoms with E-state index in [-0.39, 0.29) is 30.5 Å². The van der Waals surface area contributed by atoms with Crippen molar-refractivity contribution in [2.24, 2.45) is 7.05 Å². The van der Waals surface area contributed by atoms with E-state index < -0.39 is 16.1 Å². The topological polar surface area (TPSA) is 84.7 Å². The van der Waals surface area contributed by atoms with E-state index in [1.807, 2.05) is 24.3 Å². The van der Waals surface area contributed by atoms with Gasteiger partial charge in [0.15, 0.2) is 0 Å². The zero-order chi connectivity index (χ0) is 21.6. The predicted molar refractivity (Wildman–Crippen MR) is 115 cm³/mol. The molecule has 0 N–H and O–H groups in total. The minimum Gasteiger partial charge on any atom is -0.371 e. The Bertz CT molecular complexity index is 1210. The summed E-state index contributed by atoms with van der Waals surface area (Å²) in [5.74, 6) is -0.113. The molecular formula is C20H24N4O4S2. The molecule has 0 radical (unpaired) electrons. The van der Waals surface area contributed by atoms with Crippen molar-refractivity contribution >= 4 is 37.4 Å². The minimum absolute atomic E-state index is 0.113. The molecule has 2 aromatic heterocycles. The number of carbonyl (C=O) groups is 1. The van der Waals surface area contributed by atoms with Crippen LogP contribution in [0.4, 0.5) is 0 Å². The summed E-state index contributed by atoms with van der Waals surface area (Å²) in [4.78, 5) is 15.2. The molecule has 1 aliphatic rings. The molecule has 0 aliphatic carbocycles. The van der Waals surface area contributed by atoms with Gasteiger partial charge in [-0.3, -0.25) is 9.48 Å². The predicted octanol–water partition coefficient (Wildman–Crippen LogP) is 2.41. The second-order valence-corrected chi connectivity index (χ2v) is 10.4. The summed E-state index contributed by atoms with van der Waals surface area (Å²) in [7, 11) is 1.41. The lowest BCUT2D eigenvalue weighted by molar-refractivity contribution is -0.00204. The number of carbonyl (C=O) groups excluding carboxylic acids is 1. The van der Waals surface area contributed by atoms with Crippen molar-refractivity contribution in [1.82, 2.24) is 19.0 Å². The van der Waals surface area contributed by atoms with Crippen molar-refractivity contribution < 1.29 is 17.9 Å². The van der Waals surface area contributed by atoms with Gasteiger partial charge >= 0.3 is 0 Å². The maximum atomic E-state index is 13.3. The first-order valence-corrected chi connectivity index (χ1v) is 11.8. The standard InChI is InChI=1S/C20H24N4O4S2/c1-13-17(11-21-23(13)4)30(26,27)24-9-10-28-15(12-24)18-14-7-5-6-8-16(14)29-19(18)20(25)22(2)3/h5-8,11,15H,9-10,12H2,1-4H3. The molecule has 30 heavy (non-hydrogen) atoms. The van der Waals surface area contributed by atoms with Gasteiger partial charge in [-0.05, 0) is 18.4 Å². The summed E-state index contributed by atoms with van der Waals surface area (Å²) in [6, 6.07) is 7.76. The molecule has 8 nitrogen and oxygen atoms in total. The summed E-state index contributed by atoms with van der Waals surface area (Å²) >= 11 is 1.41. The maximum absolute atomic E-state index is 13.3. The van der Waals surface area contributed by atoms with Gasteiger partial charge in [0.25, 0.3) is 5.91 Å². The number of thiophene rings is 1. The molecule has 1 unspecified atom stereocenters. The highest BCUT2D eigenvalue weighted by Gasteiger charge is 2.36. The van der Waals surface area contributed by atoms with Crippen LogP contribution in [0.15, 0.2) is 35.4 Å². The first-order chi connectivity index (χ1) is 14.2. The van der Waals surface area contributed by atoms with Crippen LogP contribution in [0, 0.1) is 6.92 Å². The second kappa shape index (κ2) is 7.77. The minimum atomic E-state index is -3.72. The fraction of sp³-hybridized carbons (Fsp3) is 0.400. The number of amides is 1. The summed E-state index contributed by atoms with van der Waals surface area (Å²) in [5, 5.41) is 5.00. The molecule has 10 heteroatoms. The number of hydrogen-bond acceptors (Lipinski definition) is 6. The quantitative estimate of drug-likeness (QED) is 0.612. The molecule has 1 fully saturated rings. The van der Waals surface area contributed by atoms with Crippen LogP contribution in [0.3, 0.4) is 0 Å². The van der Waals surface area contributed by atoms with Crippen LogP contribution in [-0.4, -0.2) is 67.1 Å². The summed E-state index contributed by atoms with van der Waals surface area (Å²) in [5.41, 5.74) is 1.35. The number of fused-ring (bicyclic) bond motifs is 1. The van der Waals surface area contributed by atoms with Crippen molar-refractivity contribution in [2.45, 2.75) is 17.9 Å². The number of morpholine rings is 1. The lowest BCUT2D eigenvalue weighted by atomic mass is 10.0. The third kappa shape index (κ3) is 3.43. The molecule has 0 saturated carbocycles. The first kappa shape index (κ1) is 21.0. The van der Waals surface area contributed by atoms with Crippen LogP contribution in [0.1, 0.15) is 27.0 Å². The molecule has 3 heterocycles. The Morgan fingerprint density at radius 3 is 2.70 bits per heavy atom. The molecule has 4 rings (SSSR count). The van der Waals surface area contributed by atoms with Crippen LogP contribution in [0.2, 0.25) is 0 Å². The molecule has 0 bridgehead atoms. The van der Waals surface area contributed by atoms with E-state index in [1.54, 1.807) is 32.7 Å². The van der Waals surface area contributed by atoms with E-state index in [1.165, 1.54) is 26.7 Å². The smallest absolute Gasteiger partial charge is 0.263 e. The molecule has 1 saturated heterocycles. The molecule has 1 amide bonds. The van der Waals surface area contributed by atoms with E-state index in [2.05, 4.69) is 5.10 Å². The third-order valence-corrected chi connectivity index (χ3v) is 8.54. The number of sulfonamides is 1. The van der Waals surface area contributed by atoms with Crippen molar-refractivity contribution in [3.63, 3.8) is 0 Å². The van der Waals surface area contributed by atoms with Crippen LogP contribution < -0.4 is 0 Å². The van der Waals surface area contributed by atoms with E-state index in [0.29, 0.717) is 10.6 Å². The van der Waals surface area contributed by atoms with Gasteiger partial charge in [-0.2, -0.15) is 9.40 Å². The molecule has 160 valence electrons. The van der Waals surface area contributed by atoms with Gasteiger partial charge in [-0.25, -0.2) is 8.42 Å². The van der Waals surface area contributed by atoms with Gasteiger partial charge < -0.3 is 9.64 Å². The zero-order valence-corrected chi connectivity index (χ0v) is 19.0. The molecule has 1 atom stereocenters. The zero-order valence-electron chi connectivity index (χ0n) is 17.3. The van der Waals surface area contributed by atoms with Crippen LogP contribution >= 0.6 is 11.3 Å². The van der Waals surface area contributed by atoms with E-state index in [9.17, 15) is 13.2 Å². The summed E-state index contributed by atoms with van der Waals surface area (Å²) in [6.45, 7) is 2.39. The van der Waals surface area contributed by atoms with Gasteiger partial charge in [0, 0.05) is 44.5 Å². The molecule has 3 aromatic rings. The molecule has 1 aromatic carbocycles. The Morgan fingerprint density at radius 1 is 1.30 bits per heavy atom. The number of aromatic nitrogens is 2. The lowest BCUT2D eigenvalue weighted by Crippen LogP contribution is -2.42. The van der Waals surface area contributed by atoms with E-state index in [0.717, 1.165) is 15.6 Å². The van der Waals surface area contributed by atoms with E-state index in [4.69, 9.17) is 4.74 Å². The van der Waals surface area contributed by atoms with E-state index >= 15 is 0 Å². The number of nitrogens with zero attached hydrogens (tertiary/aromatic N) is 4.